The van der Waals surface area contributed by atoms with Crippen LogP contribution in [-0.2, 0) is 0 Å². The number of amides is 2. The molecule has 1 heterocycles. The number of piperazine rings is 1. The van der Waals surface area contributed by atoms with E-state index in [0.717, 1.165) is 44.2 Å². The van der Waals surface area contributed by atoms with Gasteiger partial charge in [0.25, 0.3) is 0 Å². The van der Waals surface area contributed by atoms with Gasteiger partial charge in [0.1, 0.15) is 18.1 Å². The maximum absolute atomic E-state index is 12.3. The Morgan fingerprint density at radius 3 is 2.55 bits per heavy atom. The molecule has 6 heteroatoms. The number of nitrogens with zero attached hydrogens (tertiary/aromatic N) is 2. The second-order valence-electron chi connectivity index (χ2n) is 6.86. The topological polar surface area (TPSA) is 54.0 Å². The number of benzene rings is 2. The van der Waals surface area contributed by atoms with Crippen molar-refractivity contribution in [3.8, 4) is 11.5 Å². The molecule has 0 aromatic heterocycles. The van der Waals surface area contributed by atoms with E-state index in [1.807, 2.05) is 47.4 Å². The highest BCUT2D eigenvalue weighted by Crippen LogP contribution is 2.18. The lowest BCUT2D eigenvalue weighted by atomic mass is 10.2. The van der Waals surface area contributed by atoms with Crippen LogP contribution in [0.5, 0.6) is 11.5 Å². The molecule has 0 spiro atoms. The van der Waals surface area contributed by atoms with Crippen molar-refractivity contribution >= 4 is 12.1 Å². The predicted octanol–water partition coefficient (Wildman–Crippen LogP) is 3.11. The summed E-state index contributed by atoms with van der Waals surface area (Å²) in [6.45, 7) is 5.03. The van der Waals surface area contributed by atoms with E-state index in [4.69, 9.17) is 9.47 Å². The lowest BCUT2D eigenvalue weighted by Gasteiger charge is -2.34. The van der Waals surface area contributed by atoms with Crippen LogP contribution in [0, 0.1) is 0 Å². The van der Waals surface area contributed by atoms with Crippen LogP contribution in [0.3, 0.4) is 0 Å². The van der Waals surface area contributed by atoms with Crippen molar-refractivity contribution in [2.75, 3.05) is 53.0 Å². The molecule has 1 aliphatic heterocycles. The molecule has 3 rings (SSSR count). The summed E-state index contributed by atoms with van der Waals surface area (Å²) in [6, 6.07) is 17.7. The minimum Gasteiger partial charge on any atom is -0.497 e. The fraction of sp³-hybridized carbons (Fsp3) is 0.348. The van der Waals surface area contributed by atoms with Gasteiger partial charge in [0, 0.05) is 38.8 Å². The van der Waals surface area contributed by atoms with Crippen molar-refractivity contribution in [2.24, 2.45) is 0 Å². The minimum absolute atomic E-state index is 0.0290. The van der Waals surface area contributed by atoms with Crippen LogP contribution in [0.4, 0.5) is 4.79 Å². The monoisotopic (exact) mass is 395 g/mol. The summed E-state index contributed by atoms with van der Waals surface area (Å²) in [6.07, 6.45) is 4.32. The van der Waals surface area contributed by atoms with E-state index in [1.165, 1.54) is 5.56 Å². The molecule has 6 nitrogen and oxygen atoms in total. The Hall–Kier alpha value is -2.99. The van der Waals surface area contributed by atoms with Gasteiger partial charge in [0.2, 0.25) is 0 Å². The van der Waals surface area contributed by atoms with Crippen molar-refractivity contribution in [2.45, 2.75) is 0 Å². The molecule has 0 aliphatic carbocycles. The molecule has 2 aromatic rings. The fourth-order valence-corrected chi connectivity index (χ4v) is 3.17. The average molecular weight is 396 g/mol. The van der Waals surface area contributed by atoms with Crippen LogP contribution < -0.4 is 14.8 Å². The summed E-state index contributed by atoms with van der Waals surface area (Å²) >= 11 is 0. The molecule has 1 saturated heterocycles. The van der Waals surface area contributed by atoms with Gasteiger partial charge in [-0.3, -0.25) is 4.90 Å². The fourth-order valence-electron chi connectivity index (χ4n) is 3.17. The van der Waals surface area contributed by atoms with Gasteiger partial charge in [-0.1, -0.05) is 48.6 Å². The van der Waals surface area contributed by atoms with Crippen molar-refractivity contribution in [1.82, 2.24) is 15.1 Å². The summed E-state index contributed by atoms with van der Waals surface area (Å²) < 4.78 is 10.8. The van der Waals surface area contributed by atoms with E-state index < -0.39 is 0 Å². The van der Waals surface area contributed by atoms with Crippen LogP contribution in [-0.4, -0.2) is 68.8 Å². The number of nitrogens with one attached hydrogen (secondary N) is 1. The van der Waals surface area contributed by atoms with Crippen LogP contribution in [0.2, 0.25) is 0 Å². The molecule has 154 valence electrons. The maximum atomic E-state index is 12.3. The first-order valence-corrected chi connectivity index (χ1v) is 9.98. The Morgan fingerprint density at radius 1 is 1.03 bits per heavy atom. The van der Waals surface area contributed by atoms with E-state index >= 15 is 0 Å². The Kier molecular flexibility index (Phi) is 7.95. The predicted molar refractivity (Wildman–Crippen MR) is 115 cm³/mol. The molecular weight excluding hydrogens is 366 g/mol. The Bertz CT molecular complexity index is 787. The number of hydrogen-bond donors (Lipinski definition) is 1. The molecule has 2 amide bonds. The number of ether oxygens (including phenoxy) is 2. The smallest absolute Gasteiger partial charge is 0.317 e. The van der Waals surface area contributed by atoms with Crippen LogP contribution in [0.1, 0.15) is 5.56 Å². The normalized spacial score (nSPS) is 14.7. The molecule has 0 saturated carbocycles. The third-order valence-electron chi connectivity index (χ3n) is 4.82. The standard InChI is InChI=1S/C23H29N3O3/c1-28-21-10-5-11-22(19-21)29-18-12-24-23(27)26-16-14-25(15-17-26)13-6-9-20-7-3-2-4-8-20/h2-11,19H,12-18H2,1H3,(H,24,27)/b9-6+. The van der Waals surface area contributed by atoms with Gasteiger partial charge >= 0.3 is 6.03 Å². The Labute approximate surface area is 172 Å². The lowest BCUT2D eigenvalue weighted by Crippen LogP contribution is -2.52. The first-order chi connectivity index (χ1) is 14.2. The van der Waals surface area contributed by atoms with Gasteiger partial charge in [0.05, 0.1) is 13.7 Å². The molecule has 1 fully saturated rings. The van der Waals surface area contributed by atoms with Crippen LogP contribution in [0.25, 0.3) is 6.08 Å². The van der Waals surface area contributed by atoms with E-state index in [1.54, 1.807) is 7.11 Å². The van der Waals surface area contributed by atoms with Crippen LogP contribution >= 0.6 is 0 Å². The Balaban J connectivity index is 1.31. The molecule has 1 aliphatic rings. The van der Waals surface area contributed by atoms with Gasteiger partial charge in [-0.25, -0.2) is 4.79 Å². The third-order valence-corrected chi connectivity index (χ3v) is 4.82. The molecular formula is C23H29N3O3. The Morgan fingerprint density at radius 2 is 1.79 bits per heavy atom. The largest absolute Gasteiger partial charge is 0.497 e. The van der Waals surface area contributed by atoms with Crippen molar-refractivity contribution in [1.29, 1.82) is 0 Å². The summed E-state index contributed by atoms with van der Waals surface area (Å²) in [5, 5.41) is 2.93. The number of rotatable bonds is 8. The number of urea groups is 1. The average Bonchev–Trinajstić information content (AvgIpc) is 2.78. The van der Waals surface area contributed by atoms with E-state index in [2.05, 4.69) is 34.5 Å². The second kappa shape index (κ2) is 11.1. The third kappa shape index (κ3) is 6.84. The molecule has 0 unspecified atom stereocenters. The van der Waals surface area contributed by atoms with Gasteiger partial charge in [0.15, 0.2) is 0 Å². The van der Waals surface area contributed by atoms with Gasteiger partial charge in [-0.2, -0.15) is 0 Å². The number of carbonyl (C=O) groups is 1. The van der Waals surface area contributed by atoms with E-state index in [-0.39, 0.29) is 6.03 Å². The summed E-state index contributed by atoms with van der Waals surface area (Å²) in [7, 11) is 1.62. The highest BCUT2D eigenvalue weighted by molar-refractivity contribution is 5.74. The summed E-state index contributed by atoms with van der Waals surface area (Å²) in [5.41, 5.74) is 1.21. The lowest BCUT2D eigenvalue weighted by molar-refractivity contribution is 0.145. The first kappa shape index (κ1) is 20.7. The maximum Gasteiger partial charge on any atom is 0.317 e. The van der Waals surface area contributed by atoms with Gasteiger partial charge in [-0.05, 0) is 17.7 Å². The second-order valence-corrected chi connectivity index (χ2v) is 6.86. The minimum atomic E-state index is -0.0290. The number of hydrogen-bond acceptors (Lipinski definition) is 4. The molecule has 0 atom stereocenters. The number of carbonyl (C=O) groups excluding carboxylic acids is 1. The zero-order chi connectivity index (χ0) is 20.3. The van der Waals surface area contributed by atoms with Crippen LogP contribution in [0.15, 0.2) is 60.7 Å². The molecule has 1 N–H and O–H groups in total. The summed E-state index contributed by atoms with van der Waals surface area (Å²) in [4.78, 5) is 16.5. The molecule has 2 aromatic carbocycles. The van der Waals surface area contributed by atoms with Crippen molar-refractivity contribution in [3.05, 3.63) is 66.2 Å². The SMILES string of the molecule is COc1cccc(OCCNC(=O)N2CCN(C/C=C/c3ccccc3)CC2)c1. The van der Waals surface area contributed by atoms with Gasteiger partial charge in [-0.15, -0.1) is 0 Å². The first-order valence-electron chi connectivity index (χ1n) is 9.98. The highest BCUT2D eigenvalue weighted by Gasteiger charge is 2.19. The van der Waals surface area contributed by atoms with E-state index in [0.29, 0.717) is 13.2 Å². The van der Waals surface area contributed by atoms with Crippen molar-refractivity contribution in [3.63, 3.8) is 0 Å². The molecule has 29 heavy (non-hydrogen) atoms. The quantitative estimate of drug-likeness (QED) is 0.698. The van der Waals surface area contributed by atoms with Crippen molar-refractivity contribution < 1.29 is 14.3 Å². The van der Waals surface area contributed by atoms with E-state index in [9.17, 15) is 4.79 Å². The molecule has 0 bridgehead atoms. The zero-order valence-electron chi connectivity index (χ0n) is 16.9. The van der Waals surface area contributed by atoms with Gasteiger partial charge < -0.3 is 19.7 Å². The number of methoxy groups -OCH3 is 1. The molecule has 0 radical (unpaired) electrons. The highest BCUT2D eigenvalue weighted by atomic mass is 16.5. The summed E-state index contributed by atoms with van der Waals surface area (Å²) in [5.74, 6) is 1.48. The zero-order valence-corrected chi connectivity index (χ0v) is 16.9.